The van der Waals surface area contributed by atoms with Crippen molar-refractivity contribution < 1.29 is 20.2 Å². The number of aliphatic hydroxyl groups excluding tert-OH is 2. The fourth-order valence-corrected chi connectivity index (χ4v) is 1.02. The van der Waals surface area contributed by atoms with Gasteiger partial charge in [0.05, 0.1) is 11.5 Å². The van der Waals surface area contributed by atoms with E-state index in [1.807, 2.05) is 0 Å². The predicted molar refractivity (Wildman–Crippen MR) is 46.8 cm³/mol. The topological polar surface area (TPSA) is 104 Å². The highest BCUT2D eigenvalue weighted by Gasteiger charge is 2.15. The van der Waals surface area contributed by atoms with E-state index in [0.717, 1.165) is 18.2 Å². The number of non-ortho nitro benzene ring substituents is 1. The van der Waals surface area contributed by atoms with Gasteiger partial charge in [-0.05, 0) is 6.07 Å². The van der Waals surface area contributed by atoms with E-state index in [1.54, 1.807) is 0 Å². The third-order valence-corrected chi connectivity index (χ3v) is 1.75. The van der Waals surface area contributed by atoms with Crippen molar-refractivity contribution >= 4 is 5.69 Å². The van der Waals surface area contributed by atoms with Crippen molar-refractivity contribution in [3.05, 3.63) is 33.9 Å². The van der Waals surface area contributed by atoms with Gasteiger partial charge >= 0.3 is 0 Å². The molecule has 0 aromatic heterocycles. The van der Waals surface area contributed by atoms with Crippen LogP contribution in [-0.4, -0.2) is 26.8 Å². The Bertz CT molecular complexity index is 352. The first kappa shape index (κ1) is 10.4. The lowest BCUT2D eigenvalue weighted by molar-refractivity contribution is -0.385. The molecule has 0 radical (unpaired) electrons. The van der Waals surface area contributed by atoms with Gasteiger partial charge in [0.15, 0.2) is 0 Å². The van der Waals surface area contributed by atoms with Crippen LogP contribution in [0.3, 0.4) is 0 Å². The van der Waals surface area contributed by atoms with Crippen LogP contribution < -0.4 is 0 Å². The lowest BCUT2D eigenvalue weighted by Gasteiger charge is -2.08. The highest BCUT2D eigenvalue weighted by atomic mass is 16.6. The molecule has 0 amide bonds. The molecule has 6 heteroatoms. The van der Waals surface area contributed by atoms with Crippen molar-refractivity contribution in [2.45, 2.75) is 6.10 Å². The number of aliphatic hydroxyl groups is 2. The molecule has 1 aromatic rings. The minimum Gasteiger partial charge on any atom is -0.508 e. The maximum absolute atomic E-state index is 10.4. The summed E-state index contributed by atoms with van der Waals surface area (Å²) < 4.78 is 0. The molecule has 1 unspecified atom stereocenters. The fraction of sp³-hybridized carbons (Fsp3) is 0.250. The lowest BCUT2D eigenvalue weighted by Crippen LogP contribution is -2.03. The standard InChI is InChI=1S/C8H9NO5/c10-4-8(12)6-3-5(9(13)14)1-2-7(6)11/h1-3,8,10-12H,4H2. The molecule has 0 aliphatic rings. The third kappa shape index (κ3) is 1.98. The molecule has 0 aliphatic heterocycles. The second kappa shape index (κ2) is 4.03. The summed E-state index contributed by atoms with van der Waals surface area (Å²) in [7, 11) is 0. The first-order chi connectivity index (χ1) is 6.56. The molecule has 14 heavy (non-hydrogen) atoms. The average Bonchev–Trinajstić information content (AvgIpc) is 2.17. The number of hydrogen-bond acceptors (Lipinski definition) is 5. The van der Waals surface area contributed by atoms with Crippen LogP contribution in [-0.2, 0) is 0 Å². The van der Waals surface area contributed by atoms with Gasteiger partial charge < -0.3 is 15.3 Å². The number of rotatable bonds is 3. The van der Waals surface area contributed by atoms with Gasteiger partial charge in [0.2, 0.25) is 0 Å². The van der Waals surface area contributed by atoms with Crippen LogP contribution in [0.1, 0.15) is 11.7 Å². The Kier molecular flexibility index (Phi) is 3.00. The maximum atomic E-state index is 10.4. The largest absolute Gasteiger partial charge is 0.508 e. The van der Waals surface area contributed by atoms with Crippen LogP contribution in [0, 0.1) is 10.1 Å². The zero-order valence-corrected chi connectivity index (χ0v) is 7.12. The Hall–Kier alpha value is -1.66. The lowest BCUT2D eigenvalue weighted by atomic mass is 10.1. The minimum atomic E-state index is -1.31. The number of aromatic hydroxyl groups is 1. The predicted octanol–water partition coefficient (Wildman–Crippen LogP) is 0.326. The molecule has 0 saturated heterocycles. The van der Waals surface area contributed by atoms with Gasteiger partial charge in [-0.2, -0.15) is 0 Å². The molecule has 0 aliphatic carbocycles. The Balaban J connectivity index is 3.14. The monoisotopic (exact) mass is 199 g/mol. The Morgan fingerprint density at radius 1 is 1.50 bits per heavy atom. The molecular formula is C8H9NO5. The van der Waals surface area contributed by atoms with Crippen LogP contribution in [0.25, 0.3) is 0 Å². The van der Waals surface area contributed by atoms with Crippen molar-refractivity contribution in [3.8, 4) is 5.75 Å². The zero-order chi connectivity index (χ0) is 10.7. The molecule has 0 bridgehead atoms. The van der Waals surface area contributed by atoms with E-state index in [0.29, 0.717) is 0 Å². The summed E-state index contributed by atoms with van der Waals surface area (Å²) in [4.78, 5) is 9.71. The van der Waals surface area contributed by atoms with Gasteiger partial charge in [0.1, 0.15) is 11.9 Å². The summed E-state index contributed by atoms with van der Waals surface area (Å²) in [6.07, 6.45) is -1.31. The molecular weight excluding hydrogens is 190 g/mol. The van der Waals surface area contributed by atoms with Crippen molar-refractivity contribution in [1.29, 1.82) is 0 Å². The smallest absolute Gasteiger partial charge is 0.270 e. The normalized spacial score (nSPS) is 12.4. The van der Waals surface area contributed by atoms with Crippen molar-refractivity contribution in [1.82, 2.24) is 0 Å². The molecule has 0 heterocycles. The minimum absolute atomic E-state index is 0.0540. The summed E-state index contributed by atoms with van der Waals surface area (Å²) in [6, 6.07) is 3.24. The van der Waals surface area contributed by atoms with E-state index >= 15 is 0 Å². The van der Waals surface area contributed by atoms with Gasteiger partial charge in [0, 0.05) is 17.7 Å². The van der Waals surface area contributed by atoms with Gasteiger partial charge in [-0.3, -0.25) is 10.1 Å². The molecule has 1 rings (SSSR count). The summed E-state index contributed by atoms with van der Waals surface area (Å²) in [5.74, 6) is -0.280. The molecule has 1 atom stereocenters. The van der Waals surface area contributed by atoms with Gasteiger partial charge in [-0.1, -0.05) is 0 Å². The first-order valence-corrected chi connectivity index (χ1v) is 3.82. The van der Waals surface area contributed by atoms with Crippen molar-refractivity contribution in [3.63, 3.8) is 0 Å². The van der Waals surface area contributed by atoms with Crippen LogP contribution in [0.15, 0.2) is 18.2 Å². The summed E-state index contributed by atoms with van der Waals surface area (Å²) in [5.41, 5.74) is -0.299. The fourth-order valence-electron chi connectivity index (χ4n) is 1.02. The Morgan fingerprint density at radius 3 is 2.64 bits per heavy atom. The maximum Gasteiger partial charge on any atom is 0.270 e. The highest BCUT2D eigenvalue weighted by Crippen LogP contribution is 2.27. The Morgan fingerprint density at radius 2 is 2.14 bits per heavy atom. The molecule has 6 nitrogen and oxygen atoms in total. The van der Waals surface area contributed by atoms with E-state index in [2.05, 4.69) is 0 Å². The van der Waals surface area contributed by atoms with Crippen LogP contribution >= 0.6 is 0 Å². The zero-order valence-electron chi connectivity index (χ0n) is 7.12. The Labute approximate surface area is 79.2 Å². The average molecular weight is 199 g/mol. The number of hydrogen-bond donors (Lipinski definition) is 3. The van der Waals surface area contributed by atoms with Crippen LogP contribution in [0.4, 0.5) is 5.69 Å². The third-order valence-electron chi connectivity index (χ3n) is 1.75. The van der Waals surface area contributed by atoms with E-state index in [9.17, 15) is 20.3 Å². The molecule has 76 valence electrons. The van der Waals surface area contributed by atoms with E-state index in [1.165, 1.54) is 0 Å². The van der Waals surface area contributed by atoms with Gasteiger partial charge in [-0.25, -0.2) is 0 Å². The molecule has 0 spiro atoms. The van der Waals surface area contributed by atoms with Gasteiger partial charge in [0.25, 0.3) is 5.69 Å². The number of phenols is 1. The van der Waals surface area contributed by atoms with E-state index in [4.69, 9.17) is 5.11 Å². The molecule has 3 N–H and O–H groups in total. The highest BCUT2D eigenvalue weighted by molar-refractivity contribution is 5.44. The number of nitro benzene ring substituents is 1. The molecule has 0 fully saturated rings. The van der Waals surface area contributed by atoms with Crippen molar-refractivity contribution in [2.24, 2.45) is 0 Å². The van der Waals surface area contributed by atoms with E-state index in [-0.39, 0.29) is 17.0 Å². The number of benzene rings is 1. The molecule has 0 saturated carbocycles. The first-order valence-electron chi connectivity index (χ1n) is 3.82. The number of nitro groups is 1. The second-order valence-corrected chi connectivity index (χ2v) is 2.70. The van der Waals surface area contributed by atoms with Gasteiger partial charge in [-0.15, -0.1) is 0 Å². The summed E-state index contributed by atoms with van der Waals surface area (Å²) in [6.45, 7) is -0.602. The summed E-state index contributed by atoms with van der Waals surface area (Å²) >= 11 is 0. The number of phenolic OH excluding ortho intramolecular Hbond substituents is 1. The number of nitrogens with zero attached hydrogens (tertiary/aromatic N) is 1. The van der Waals surface area contributed by atoms with Crippen LogP contribution in [0.5, 0.6) is 5.75 Å². The molecule has 1 aromatic carbocycles. The summed E-state index contributed by atoms with van der Waals surface area (Å²) in [5, 5.41) is 37.4. The quantitative estimate of drug-likeness (QED) is 0.480. The SMILES string of the molecule is O=[N+]([O-])c1ccc(O)c(C(O)CO)c1. The second-order valence-electron chi connectivity index (χ2n) is 2.70. The van der Waals surface area contributed by atoms with E-state index < -0.39 is 17.6 Å². The van der Waals surface area contributed by atoms with Crippen molar-refractivity contribution in [2.75, 3.05) is 6.61 Å². The van der Waals surface area contributed by atoms with Crippen LogP contribution in [0.2, 0.25) is 0 Å².